The molecule has 1 fully saturated rings. The largest absolute Gasteiger partial charge is 0.494 e. The summed E-state index contributed by atoms with van der Waals surface area (Å²) in [4.78, 5) is 13.6. The lowest BCUT2D eigenvalue weighted by atomic mass is 10.3. The second-order valence-corrected chi connectivity index (χ2v) is 6.68. The summed E-state index contributed by atoms with van der Waals surface area (Å²) in [6, 6.07) is 7.80. The zero-order chi connectivity index (χ0) is 17.2. The summed E-state index contributed by atoms with van der Waals surface area (Å²) in [5.41, 5.74) is 2.42. The highest BCUT2D eigenvalue weighted by atomic mass is 127. The standard InChI is InChI=1S/C17H18IN5O2/c1-2-24-12-6-3-5-11(9-12)20-15-14-16(22-17(18)21-15)23(10-19-14)13-7-4-8-25-13/h3,5-6,9-10,13H,2,4,7-8H2,1H3,(H,20,21,22). The minimum atomic E-state index is 0.00447. The number of hydrogen-bond donors (Lipinski definition) is 1. The molecule has 1 unspecified atom stereocenters. The van der Waals surface area contributed by atoms with Gasteiger partial charge in [-0.25, -0.2) is 15.0 Å². The summed E-state index contributed by atoms with van der Waals surface area (Å²) in [5, 5.41) is 3.34. The molecule has 1 aliphatic rings. The van der Waals surface area contributed by atoms with Crippen LogP contribution in [0.1, 0.15) is 26.0 Å². The van der Waals surface area contributed by atoms with Crippen LogP contribution in [-0.2, 0) is 4.74 Å². The Bertz CT molecular complexity index is 892. The molecule has 0 amide bonds. The van der Waals surface area contributed by atoms with Gasteiger partial charge in [-0.2, -0.15) is 0 Å². The highest BCUT2D eigenvalue weighted by molar-refractivity contribution is 14.1. The lowest BCUT2D eigenvalue weighted by Crippen LogP contribution is -2.08. The SMILES string of the molecule is CCOc1cccc(Nc2nc(I)nc3c2ncn3C2CCCO2)c1. The second-order valence-electron chi connectivity index (χ2n) is 5.72. The quantitative estimate of drug-likeness (QED) is 0.469. The van der Waals surface area contributed by atoms with E-state index in [1.165, 1.54) is 0 Å². The highest BCUT2D eigenvalue weighted by Gasteiger charge is 2.22. The number of ether oxygens (including phenoxy) is 2. The Morgan fingerprint density at radius 2 is 2.32 bits per heavy atom. The minimum Gasteiger partial charge on any atom is -0.494 e. The predicted molar refractivity (Wildman–Crippen MR) is 103 cm³/mol. The molecule has 1 aliphatic heterocycles. The molecule has 0 aliphatic carbocycles. The average molecular weight is 451 g/mol. The van der Waals surface area contributed by atoms with Crippen LogP contribution in [0.15, 0.2) is 30.6 Å². The van der Waals surface area contributed by atoms with Gasteiger partial charge in [-0.1, -0.05) is 6.07 Å². The molecular weight excluding hydrogens is 433 g/mol. The topological polar surface area (TPSA) is 74.1 Å². The third-order valence-corrected chi connectivity index (χ3v) is 4.50. The fourth-order valence-electron chi connectivity index (χ4n) is 2.93. The molecule has 4 rings (SSSR count). The maximum Gasteiger partial charge on any atom is 0.194 e. The van der Waals surface area contributed by atoms with Gasteiger partial charge in [-0.05, 0) is 31.9 Å². The van der Waals surface area contributed by atoms with Crippen LogP contribution in [0.4, 0.5) is 11.5 Å². The molecule has 1 N–H and O–H groups in total. The van der Waals surface area contributed by atoms with Gasteiger partial charge in [-0.15, -0.1) is 0 Å². The van der Waals surface area contributed by atoms with Gasteiger partial charge in [0.25, 0.3) is 0 Å². The minimum absolute atomic E-state index is 0.00447. The van der Waals surface area contributed by atoms with E-state index in [0.29, 0.717) is 16.3 Å². The highest BCUT2D eigenvalue weighted by Crippen LogP contribution is 2.30. The molecule has 0 radical (unpaired) electrons. The van der Waals surface area contributed by atoms with Crippen LogP contribution >= 0.6 is 22.6 Å². The first-order chi connectivity index (χ1) is 12.2. The first kappa shape index (κ1) is 16.5. The van der Waals surface area contributed by atoms with Crippen molar-refractivity contribution in [3.8, 4) is 5.75 Å². The van der Waals surface area contributed by atoms with Crippen molar-refractivity contribution in [1.29, 1.82) is 0 Å². The summed E-state index contributed by atoms with van der Waals surface area (Å²) in [6.07, 6.45) is 3.82. The monoisotopic (exact) mass is 451 g/mol. The van der Waals surface area contributed by atoms with E-state index < -0.39 is 0 Å². The first-order valence-corrected chi connectivity index (χ1v) is 9.34. The molecular formula is C17H18IN5O2. The summed E-state index contributed by atoms with van der Waals surface area (Å²) in [6.45, 7) is 3.38. The molecule has 0 bridgehead atoms. The molecule has 25 heavy (non-hydrogen) atoms. The Balaban J connectivity index is 1.71. The smallest absolute Gasteiger partial charge is 0.194 e. The van der Waals surface area contributed by atoms with Crippen LogP contribution in [-0.4, -0.2) is 32.7 Å². The number of aromatic nitrogens is 4. The Morgan fingerprint density at radius 1 is 1.40 bits per heavy atom. The maximum atomic E-state index is 5.77. The fourth-order valence-corrected chi connectivity index (χ4v) is 3.40. The van der Waals surface area contributed by atoms with Crippen LogP contribution < -0.4 is 10.1 Å². The van der Waals surface area contributed by atoms with E-state index >= 15 is 0 Å². The molecule has 2 aromatic heterocycles. The van der Waals surface area contributed by atoms with Gasteiger partial charge in [-0.3, -0.25) is 4.57 Å². The van der Waals surface area contributed by atoms with Crippen LogP contribution in [0.5, 0.6) is 5.75 Å². The molecule has 3 aromatic rings. The molecule has 1 aromatic carbocycles. The molecule has 1 saturated heterocycles. The number of benzene rings is 1. The second kappa shape index (κ2) is 7.12. The van der Waals surface area contributed by atoms with E-state index in [-0.39, 0.29) is 6.23 Å². The van der Waals surface area contributed by atoms with Crippen LogP contribution in [0.3, 0.4) is 0 Å². The summed E-state index contributed by atoms with van der Waals surface area (Å²) < 4.78 is 14.0. The third-order valence-electron chi connectivity index (χ3n) is 4.02. The third kappa shape index (κ3) is 3.40. The van der Waals surface area contributed by atoms with E-state index in [4.69, 9.17) is 9.47 Å². The van der Waals surface area contributed by atoms with Gasteiger partial charge in [0, 0.05) is 41.0 Å². The number of halogens is 1. The summed E-state index contributed by atoms with van der Waals surface area (Å²) in [7, 11) is 0. The van der Waals surface area contributed by atoms with Crippen molar-refractivity contribution >= 4 is 45.3 Å². The van der Waals surface area contributed by atoms with Gasteiger partial charge in [0.05, 0.1) is 12.9 Å². The Labute approximate surface area is 158 Å². The lowest BCUT2D eigenvalue weighted by Gasteiger charge is -2.12. The molecule has 3 heterocycles. The van der Waals surface area contributed by atoms with E-state index in [2.05, 4.69) is 42.9 Å². The van der Waals surface area contributed by atoms with Crippen molar-refractivity contribution in [2.24, 2.45) is 0 Å². The van der Waals surface area contributed by atoms with Crippen LogP contribution in [0.2, 0.25) is 0 Å². The van der Waals surface area contributed by atoms with Crippen molar-refractivity contribution in [3.63, 3.8) is 0 Å². The first-order valence-electron chi connectivity index (χ1n) is 8.26. The maximum absolute atomic E-state index is 5.77. The van der Waals surface area contributed by atoms with Crippen molar-refractivity contribution in [1.82, 2.24) is 19.5 Å². The summed E-state index contributed by atoms with van der Waals surface area (Å²) in [5.74, 6) is 1.50. The van der Waals surface area contributed by atoms with Gasteiger partial charge in [0.15, 0.2) is 20.8 Å². The van der Waals surface area contributed by atoms with Crippen molar-refractivity contribution in [2.75, 3.05) is 18.5 Å². The van der Waals surface area contributed by atoms with Gasteiger partial charge in [0.2, 0.25) is 0 Å². The number of rotatable bonds is 5. The number of nitrogens with one attached hydrogen (secondary N) is 1. The van der Waals surface area contributed by atoms with Crippen LogP contribution in [0.25, 0.3) is 11.2 Å². The van der Waals surface area contributed by atoms with Gasteiger partial charge >= 0.3 is 0 Å². The molecule has 1 atom stereocenters. The zero-order valence-corrected chi connectivity index (χ0v) is 15.9. The molecule has 8 heteroatoms. The Hall–Kier alpha value is -1.94. The Kier molecular flexibility index (Phi) is 4.71. The van der Waals surface area contributed by atoms with Crippen molar-refractivity contribution in [3.05, 3.63) is 34.4 Å². The average Bonchev–Trinajstić information content (AvgIpc) is 3.24. The van der Waals surface area contributed by atoms with E-state index in [9.17, 15) is 0 Å². The number of imidazole rings is 1. The van der Waals surface area contributed by atoms with E-state index in [0.717, 1.165) is 42.0 Å². The molecule has 130 valence electrons. The predicted octanol–water partition coefficient (Wildman–Crippen LogP) is 3.88. The van der Waals surface area contributed by atoms with Crippen LogP contribution in [0, 0.1) is 3.83 Å². The number of nitrogens with zero attached hydrogens (tertiary/aromatic N) is 4. The lowest BCUT2D eigenvalue weighted by molar-refractivity contribution is 0.0592. The number of anilines is 2. The van der Waals surface area contributed by atoms with Gasteiger partial charge in [0.1, 0.15) is 12.0 Å². The number of hydrogen-bond acceptors (Lipinski definition) is 6. The number of fused-ring (bicyclic) bond motifs is 1. The zero-order valence-electron chi connectivity index (χ0n) is 13.8. The Morgan fingerprint density at radius 3 is 3.12 bits per heavy atom. The van der Waals surface area contributed by atoms with E-state index in [1.807, 2.05) is 35.8 Å². The molecule has 7 nitrogen and oxygen atoms in total. The summed E-state index contributed by atoms with van der Waals surface area (Å²) >= 11 is 2.12. The van der Waals surface area contributed by atoms with Crippen molar-refractivity contribution in [2.45, 2.75) is 26.0 Å². The molecule has 0 spiro atoms. The van der Waals surface area contributed by atoms with E-state index in [1.54, 1.807) is 6.33 Å². The molecule has 0 saturated carbocycles. The van der Waals surface area contributed by atoms with Crippen molar-refractivity contribution < 1.29 is 9.47 Å². The fraction of sp³-hybridized carbons (Fsp3) is 0.353. The van der Waals surface area contributed by atoms with Gasteiger partial charge < -0.3 is 14.8 Å². The normalized spacial score (nSPS) is 17.1.